The standard InChI is InChI=1S/C15H10O2.C8H7O2.C8H7O.4C2H6.I3.4Y/c16-14(12-7-3-1-4-8-12)11-15(17)13-9-5-2-6-10-13;1-10-8(9)7-5-3-2-4-6-7;1-7(9)8-5-3-2-4-6-8;4*1-2;1-3-2;;;;/h3-10H,11H2;3-6H,1H3;3-6H,1H3;4*1-2H3;;;;;/q-2;2*-1;;;;;-1;;;;. The van der Waals surface area contributed by atoms with E-state index in [4.69, 9.17) is 0 Å². The third-order valence-corrected chi connectivity index (χ3v) is 4.67. The van der Waals surface area contributed by atoms with Crippen molar-refractivity contribution in [1.29, 1.82) is 0 Å². The Hall–Kier alpha value is 1.97. The van der Waals surface area contributed by atoms with Gasteiger partial charge < -0.3 is 4.74 Å². The molecule has 5 nitrogen and oxygen atoms in total. The average Bonchev–Trinajstić information content (AvgIpc) is 3.17. The first-order valence-corrected chi connectivity index (χ1v) is 27.8. The Balaban J connectivity index is -0.0000000796. The summed E-state index contributed by atoms with van der Waals surface area (Å²) < 4.78 is 4.48. The van der Waals surface area contributed by atoms with Crippen LogP contribution in [0.5, 0.6) is 0 Å². The van der Waals surface area contributed by atoms with Gasteiger partial charge in [0, 0.05) is 131 Å². The number of esters is 1. The minimum atomic E-state index is -0.311. The third-order valence-electron chi connectivity index (χ3n) is 4.67. The molecule has 0 aliphatic heterocycles. The summed E-state index contributed by atoms with van der Waals surface area (Å²) in [6.45, 7) is 17.6. The van der Waals surface area contributed by atoms with Crippen LogP contribution in [0.15, 0.2) is 97.1 Å². The van der Waals surface area contributed by atoms with Gasteiger partial charge in [-0.25, -0.2) is 4.79 Å². The van der Waals surface area contributed by atoms with Crippen LogP contribution in [0.2, 0.25) is 0 Å². The second-order valence-electron chi connectivity index (χ2n) is 7.28. The minimum absolute atomic E-state index is 0. The predicted molar refractivity (Wildman–Crippen MR) is 209 cm³/mol. The van der Waals surface area contributed by atoms with Crippen molar-refractivity contribution in [2.45, 2.75) is 68.7 Å². The summed E-state index contributed by atoms with van der Waals surface area (Å²) in [5.41, 5.74) is 2.38. The normalized spacial score (nSPS) is 7.53. The number of ether oxygens (including phenoxy) is 1. The summed E-state index contributed by atoms with van der Waals surface area (Å²) in [6, 6.07) is 38.2. The SMILES string of the molecule is CC.CC.CC.CC.CC(=O)c1cc[c-]cc1.COC(=O)c1cc[c-]cc1.I[I-]I.O=C(CC(=O)c1cc[c-]cc1)c1cc[c-]cc1.[Y].[Y].[Y].[Y]. The summed E-state index contributed by atoms with van der Waals surface area (Å²) in [5, 5.41) is 0. The number of ketones is 3. The zero-order chi connectivity index (χ0) is 36.9. The summed E-state index contributed by atoms with van der Waals surface area (Å²) in [6.07, 6.45) is -0.103. The maximum Gasteiger partial charge on any atom is 0.146 e. The average molecular weight is 1330 g/mol. The summed E-state index contributed by atoms with van der Waals surface area (Å²) >= 11 is 5.30. The van der Waals surface area contributed by atoms with E-state index in [1.54, 1.807) is 104 Å². The topological polar surface area (TPSA) is 77.5 Å². The van der Waals surface area contributed by atoms with Gasteiger partial charge >= 0.3 is 56.5 Å². The summed E-state index contributed by atoms with van der Waals surface area (Å²) in [4.78, 5) is 45.0. The Morgan fingerprint density at radius 3 is 0.922 bits per heavy atom. The van der Waals surface area contributed by atoms with Gasteiger partial charge in [-0.2, -0.15) is 121 Å². The van der Waals surface area contributed by atoms with Gasteiger partial charge in [0.25, 0.3) is 0 Å². The van der Waals surface area contributed by atoms with Crippen molar-refractivity contribution in [3.8, 4) is 0 Å². The fourth-order valence-electron chi connectivity index (χ4n) is 2.76. The van der Waals surface area contributed by atoms with Crippen LogP contribution in [0.3, 0.4) is 0 Å². The molecule has 4 aromatic carbocycles. The predicted octanol–water partition coefficient (Wildman–Crippen LogP) is 8.58. The van der Waals surface area contributed by atoms with Gasteiger partial charge in [-0.1, -0.05) is 72.1 Å². The maximum absolute atomic E-state index is 11.8. The zero-order valence-corrected chi connectivity index (χ0v) is 49.3. The molecule has 0 saturated heterocycles. The monoisotopic (exact) mass is 1330 g/mol. The molecule has 0 fully saturated rings. The Bertz CT molecular complexity index is 1240. The molecule has 0 bridgehead atoms. The summed E-state index contributed by atoms with van der Waals surface area (Å²) in [7, 11) is 1.36. The van der Waals surface area contributed by atoms with Crippen molar-refractivity contribution in [2.75, 3.05) is 7.11 Å². The van der Waals surface area contributed by atoms with Crippen LogP contribution in [-0.2, 0) is 136 Å². The Morgan fingerprint density at radius 2 is 0.725 bits per heavy atom. The van der Waals surface area contributed by atoms with Gasteiger partial charge in [0.1, 0.15) is 17.3 Å². The van der Waals surface area contributed by atoms with E-state index in [1.807, 2.05) is 55.4 Å². The molecule has 0 atom stereocenters. The van der Waals surface area contributed by atoms with Crippen LogP contribution in [-0.4, -0.2) is 30.4 Å². The van der Waals surface area contributed by atoms with Crippen molar-refractivity contribution in [2.24, 2.45) is 0 Å². The van der Waals surface area contributed by atoms with E-state index < -0.39 is 0 Å². The maximum atomic E-state index is 11.8. The Labute approximate surface area is 439 Å². The van der Waals surface area contributed by atoms with Gasteiger partial charge in [0.2, 0.25) is 0 Å². The number of methoxy groups -OCH3 is 1. The van der Waals surface area contributed by atoms with Gasteiger partial charge in [-0.15, -0.1) is 0 Å². The first kappa shape index (κ1) is 70.7. The molecule has 4 rings (SSSR count). The third kappa shape index (κ3) is 41.4. The molecule has 0 saturated carbocycles. The molecular formula is C39H48I3O5Y4-5. The van der Waals surface area contributed by atoms with E-state index in [9.17, 15) is 19.2 Å². The molecule has 0 N–H and O–H groups in total. The Morgan fingerprint density at radius 1 is 0.510 bits per heavy atom. The molecule has 4 aromatic rings. The molecule has 0 aromatic heterocycles. The minimum Gasteiger partial charge on any atom is -0.296 e. The van der Waals surface area contributed by atoms with Crippen LogP contribution in [0.4, 0.5) is 0 Å². The van der Waals surface area contributed by atoms with Crippen LogP contribution in [0.1, 0.15) is 110 Å². The Kier molecular flexibility index (Phi) is 78.1. The van der Waals surface area contributed by atoms with Crippen molar-refractivity contribution >= 4 is 60.6 Å². The second-order valence-corrected chi connectivity index (χ2v) is 23.5. The molecule has 0 spiro atoms. The van der Waals surface area contributed by atoms with Crippen LogP contribution >= 0.6 is 37.2 Å². The first-order chi connectivity index (χ1) is 22.8. The number of benzene rings is 4. The van der Waals surface area contributed by atoms with Crippen LogP contribution < -0.4 is 13.3 Å². The number of carbonyl (C=O) groups is 4. The van der Waals surface area contributed by atoms with Gasteiger partial charge in [0.05, 0.1) is 13.5 Å². The molecule has 4 radical (unpaired) electrons. The number of hydrogen-bond acceptors (Lipinski definition) is 5. The van der Waals surface area contributed by atoms with E-state index in [-0.39, 0.29) is 161 Å². The van der Waals surface area contributed by atoms with E-state index in [1.165, 1.54) is 7.11 Å². The second kappa shape index (κ2) is 56.3. The van der Waals surface area contributed by atoms with Gasteiger partial charge in [-0.3, -0.25) is 14.4 Å². The van der Waals surface area contributed by atoms with E-state index in [0.717, 1.165) is 5.56 Å². The smallest absolute Gasteiger partial charge is 0.146 e. The fourth-order valence-corrected chi connectivity index (χ4v) is 2.76. The van der Waals surface area contributed by atoms with E-state index >= 15 is 0 Å². The van der Waals surface area contributed by atoms with Crippen molar-refractivity contribution in [3.05, 3.63) is 144 Å². The molecule has 0 amide bonds. The fraction of sp³-hybridized carbons (Fsp3) is 0.282. The van der Waals surface area contributed by atoms with E-state index in [2.05, 4.69) is 66.2 Å². The number of Topliss-reactive ketones (excluding diaryl/α,β-unsaturated/α-hetero) is 3. The summed E-state index contributed by atoms with van der Waals surface area (Å²) in [5.74, 6) is -0.549. The van der Waals surface area contributed by atoms with Crippen LogP contribution in [0.25, 0.3) is 0 Å². The molecular weight excluding hydrogens is 1280 g/mol. The quantitative estimate of drug-likeness (QED) is 0.0637. The zero-order valence-electron chi connectivity index (χ0n) is 31.4. The molecule has 12 heteroatoms. The van der Waals surface area contributed by atoms with Crippen LogP contribution in [0, 0.1) is 24.3 Å². The molecule has 51 heavy (non-hydrogen) atoms. The van der Waals surface area contributed by atoms with Crippen molar-refractivity contribution in [1.82, 2.24) is 0 Å². The number of halogens is 3. The van der Waals surface area contributed by atoms with Crippen molar-refractivity contribution < 1.29 is 168 Å². The molecule has 0 unspecified atom stereocenters. The molecule has 0 aliphatic rings. The number of carbonyl (C=O) groups excluding carboxylic acids is 4. The van der Waals surface area contributed by atoms with Gasteiger partial charge in [-0.05, 0) is 12.5 Å². The molecule has 0 heterocycles. The van der Waals surface area contributed by atoms with E-state index in [0.29, 0.717) is 29.9 Å². The molecule has 0 aliphatic carbocycles. The molecule has 272 valence electrons. The number of rotatable bonds is 6. The first-order valence-electron chi connectivity index (χ1n) is 15.2. The van der Waals surface area contributed by atoms with Gasteiger partial charge in [0.15, 0.2) is 0 Å². The largest absolute Gasteiger partial charge is 0.296 e. The number of hydrogen-bond donors (Lipinski definition) is 0. The van der Waals surface area contributed by atoms with Crippen molar-refractivity contribution in [3.63, 3.8) is 0 Å².